The SMILES string of the molecule is COc1ccc(C(=O)OCCC2CCC[N+]3(C)CCCCC23)cc1OC.[I-]. The van der Waals surface area contributed by atoms with Crippen molar-refractivity contribution in [1.29, 1.82) is 0 Å². The normalized spacial score (nSPS) is 27.1. The van der Waals surface area contributed by atoms with Gasteiger partial charge in [-0.05, 0) is 56.7 Å². The summed E-state index contributed by atoms with van der Waals surface area (Å²) in [6, 6.07) is 5.88. The summed E-state index contributed by atoms with van der Waals surface area (Å²) in [4.78, 5) is 12.4. The van der Waals surface area contributed by atoms with Crippen LogP contribution in [0.3, 0.4) is 0 Å². The standard InChI is InChI=1S/C21H32NO4.HI/c1-22-12-5-4-8-18(22)16(7-6-13-22)11-14-26-21(23)17-9-10-19(24-2)20(15-17)25-3;/h9-10,15-16,18H,4-8,11-14H2,1-3H3;1H/q+1;/p-1. The maximum absolute atomic E-state index is 12.4. The monoisotopic (exact) mass is 489 g/mol. The number of methoxy groups -OCH3 is 2. The highest BCUT2D eigenvalue weighted by Gasteiger charge is 2.43. The van der Waals surface area contributed by atoms with Gasteiger partial charge < -0.3 is 42.7 Å². The molecule has 2 saturated heterocycles. The van der Waals surface area contributed by atoms with Crippen LogP contribution in [-0.4, -0.2) is 57.5 Å². The van der Waals surface area contributed by atoms with Crippen molar-refractivity contribution in [2.45, 2.75) is 44.6 Å². The molecule has 152 valence electrons. The predicted octanol–water partition coefficient (Wildman–Crippen LogP) is 0.664. The molecule has 2 aliphatic rings. The van der Waals surface area contributed by atoms with E-state index in [4.69, 9.17) is 14.2 Å². The third-order valence-electron chi connectivity index (χ3n) is 6.35. The minimum atomic E-state index is -0.289. The van der Waals surface area contributed by atoms with Gasteiger partial charge in [-0.15, -0.1) is 0 Å². The van der Waals surface area contributed by atoms with Crippen LogP contribution in [0.1, 0.15) is 48.9 Å². The fourth-order valence-corrected chi connectivity index (χ4v) is 4.92. The summed E-state index contributed by atoms with van der Waals surface area (Å²) >= 11 is 0. The zero-order chi connectivity index (χ0) is 18.6. The summed E-state index contributed by atoms with van der Waals surface area (Å²) in [6.45, 7) is 3.12. The Hall–Kier alpha value is -1.02. The number of hydrogen-bond acceptors (Lipinski definition) is 4. The van der Waals surface area contributed by atoms with Crippen molar-refractivity contribution in [3.05, 3.63) is 23.8 Å². The lowest BCUT2D eigenvalue weighted by atomic mass is 9.80. The van der Waals surface area contributed by atoms with Gasteiger partial charge in [0.2, 0.25) is 0 Å². The second-order valence-corrected chi connectivity index (χ2v) is 7.89. The molecule has 3 unspecified atom stereocenters. The van der Waals surface area contributed by atoms with Crippen molar-refractivity contribution >= 4 is 5.97 Å². The van der Waals surface area contributed by atoms with Gasteiger partial charge in [0.15, 0.2) is 11.5 Å². The first-order chi connectivity index (χ1) is 12.6. The van der Waals surface area contributed by atoms with Gasteiger partial charge >= 0.3 is 5.97 Å². The summed E-state index contributed by atoms with van der Waals surface area (Å²) in [5.41, 5.74) is 0.504. The highest BCUT2D eigenvalue weighted by atomic mass is 127. The summed E-state index contributed by atoms with van der Waals surface area (Å²) in [5.74, 6) is 1.54. The Morgan fingerprint density at radius 3 is 2.56 bits per heavy atom. The Morgan fingerprint density at radius 2 is 1.81 bits per heavy atom. The number of piperidine rings is 2. The van der Waals surface area contributed by atoms with Crippen LogP contribution >= 0.6 is 0 Å². The van der Waals surface area contributed by atoms with E-state index in [2.05, 4.69) is 7.05 Å². The van der Waals surface area contributed by atoms with Gasteiger partial charge in [0.25, 0.3) is 0 Å². The van der Waals surface area contributed by atoms with Crippen LogP contribution in [0.4, 0.5) is 0 Å². The third kappa shape index (κ3) is 5.08. The topological polar surface area (TPSA) is 44.8 Å². The van der Waals surface area contributed by atoms with Crippen molar-refractivity contribution in [2.24, 2.45) is 5.92 Å². The van der Waals surface area contributed by atoms with E-state index in [1.54, 1.807) is 32.4 Å². The molecule has 1 aromatic rings. The second-order valence-electron chi connectivity index (χ2n) is 7.89. The maximum atomic E-state index is 12.4. The highest BCUT2D eigenvalue weighted by molar-refractivity contribution is 5.90. The average molecular weight is 489 g/mol. The number of halogens is 1. The number of quaternary nitrogens is 1. The lowest BCUT2D eigenvalue weighted by molar-refractivity contribution is -0.947. The fraction of sp³-hybridized carbons (Fsp3) is 0.667. The Balaban J connectivity index is 0.00000261. The van der Waals surface area contributed by atoms with Crippen LogP contribution in [-0.2, 0) is 4.74 Å². The molecule has 2 fully saturated rings. The fourth-order valence-electron chi connectivity index (χ4n) is 4.92. The molecule has 0 aromatic heterocycles. The predicted molar refractivity (Wildman–Crippen MR) is 101 cm³/mol. The van der Waals surface area contributed by atoms with Crippen molar-refractivity contribution in [3.63, 3.8) is 0 Å². The molecule has 0 bridgehead atoms. The average Bonchev–Trinajstić information content (AvgIpc) is 2.66. The Morgan fingerprint density at radius 1 is 1.07 bits per heavy atom. The molecule has 3 atom stereocenters. The van der Waals surface area contributed by atoms with Gasteiger partial charge in [0.05, 0.1) is 52.6 Å². The number of hydrogen-bond donors (Lipinski definition) is 0. The third-order valence-corrected chi connectivity index (χ3v) is 6.35. The van der Waals surface area contributed by atoms with E-state index in [9.17, 15) is 4.79 Å². The van der Waals surface area contributed by atoms with Crippen LogP contribution in [0.15, 0.2) is 18.2 Å². The van der Waals surface area contributed by atoms with E-state index < -0.39 is 0 Å². The van der Waals surface area contributed by atoms with Gasteiger partial charge in [-0.3, -0.25) is 0 Å². The first-order valence-corrected chi connectivity index (χ1v) is 9.81. The van der Waals surface area contributed by atoms with Crippen LogP contribution in [0.5, 0.6) is 11.5 Å². The molecule has 2 aliphatic heterocycles. The first kappa shape index (κ1) is 22.3. The highest BCUT2D eigenvalue weighted by Crippen LogP contribution is 2.37. The quantitative estimate of drug-likeness (QED) is 0.335. The summed E-state index contributed by atoms with van der Waals surface area (Å²) in [7, 11) is 5.57. The smallest absolute Gasteiger partial charge is 0.338 e. The second kappa shape index (κ2) is 9.96. The van der Waals surface area contributed by atoms with Crippen LogP contribution < -0.4 is 33.5 Å². The number of carbonyl (C=O) groups is 1. The number of benzene rings is 1. The van der Waals surface area contributed by atoms with E-state index >= 15 is 0 Å². The molecule has 0 spiro atoms. The van der Waals surface area contributed by atoms with Gasteiger partial charge in [-0.2, -0.15) is 0 Å². The van der Waals surface area contributed by atoms with E-state index in [1.807, 2.05) is 0 Å². The van der Waals surface area contributed by atoms with Crippen molar-refractivity contribution in [2.75, 3.05) is 41.0 Å². The molecule has 0 amide bonds. The number of carbonyl (C=O) groups excluding carboxylic acids is 1. The molecular formula is C21H32INO4. The van der Waals surface area contributed by atoms with E-state index in [0.29, 0.717) is 29.6 Å². The molecular weight excluding hydrogens is 457 g/mol. The molecule has 0 aliphatic carbocycles. The van der Waals surface area contributed by atoms with Gasteiger partial charge in [-0.1, -0.05) is 0 Å². The van der Waals surface area contributed by atoms with E-state index in [-0.39, 0.29) is 29.9 Å². The summed E-state index contributed by atoms with van der Waals surface area (Å²) in [6.07, 6.45) is 7.56. The maximum Gasteiger partial charge on any atom is 0.338 e. The first-order valence-electron chi connectivity index (χ1n) is 9.81. The Labute approximate surface area is 180 Å². The molecule has 0 saturated carbocycles. The molecule has 1 aromatic carbocycles. The summed E-state index contributed by atoms with van der Waals surface area (Å²) < 4.78 is 17.3. The number of rotatable bonds is 6. The van der Waals surface area contributed by atoms with Crippen LogP contribution in [0.2, 0.25) is 0 Å². The lowest BCUT2D eigenvalue weighted by Crippen LogP contribution is -3.00. The van der Waals surface area contributed by atoms with Crippen LogP contribution in [0, 0.1) is 5.92 Å². The minimum Gasteiger partial charge on any atom is -1.00 e. The van der Waals surface area contributed by atoms with Crippen molar-refractivity contribution < 1.29 is 47.5 Å². The molecule has 0 N–H and O–H groups in total. The number of fused-ring (bicyclic) bond motifs is 1. The largest absolute Gasteiger partial charge is 1.00 e. The van der Waals surface area contributed by atoms with Crippen LogP contribution in [0.25, 0.3) is 0 Å². The molecule has 5 nitrogen and oxygen atoms in total. The molecule has 0 radical (unpaired) electrons. The molecule has 6 heteroatoms. The van der Waals surface area contributed by atoms with Gasteiger partial charge in [0, 0.05) is 5.92 Å². The number of esters is 1. The zero-order valence-electron chi connectivity index (χ0n) is 16.7. The summed E-state index contributed by atoms with van der Waals surface area (Å²) in [5, 5.41) is 0. The van der Waals surface area contributed by atoms with Crippen molar-refractivity contribution in [1.82, 2.24) is 0 Å². The minimum absolute atomic E-state index is 0. The van der Waals surface area contributed by atoms with Gasteiger partial charge in [0.1, 0.15) is 0 Å². The zero-order valence-corrected chi connectivity index (χ0v) is 18.9. The van der Waals surface area contributed by atoms with E-state index in [0.717, 1.165) is 12.5 Å². The molecule has 3 rings (SSSR count). The Bertz CT molecular complexity index is 635. The van der Waals surface area contributed by atoms with E-state index in [1.165, 1.54) is 49.7 Å². The number of ether oxygens (including phenoxy) is 3. The lowest BCUT2D eigenvalue weighted by Gasteiger charge is -2.51. The molecule has 2 heterocycles. The Kier molecular flexibility index (Phi) is 8.21. The number of nitrogens with zero attached hydrogens (tertiary/aromatic N) is 1. The van der Waals surface area contributed by atoms with Crippen molar-refractivity contribution in [3.8, 4) is 11.5 Å². The molecule has 27 heavy (non-hydrogen) atoms. The van der Waals surface area contributed by atoms with Gasteiger partial charge in [-0.25, -0.2) is 4.79 Å².